The number of hydrogen-bond acceptors (Lipinski definition) is 6. The molecule has 2 aromatic rings. The Balaban J connectivity index is 2.17. The molecule has 0 aliphatic carbocycles. The number of nitrogens with zero attached hydrogens (tertiary/aromatic N) is 2. The number of thiazole rings is 1. The number of nitrogens with one attached hydrogen (secondary N) is 2. The van der Waals surface area contributed by atoms with Gasteiger partial charge in [-0.1, -0.05) is 115 Å². The fourth-order valence-electron chi connectivity index (χ4n) is 4.89. The molecule has 0 saturated heterocycles. The lowest BCUT2D eigenvalue weighted by atomic mass is 10.1. The second-order valence-corrected chi connectivity index (χ2v) is 13.1. The first kappa shape index (κ1) is 35.2. The normalized spacial score (nSPS) is 12.8. The van der Waals surface area contributed by atoms with Gasteiger partial charge in [-0.2, -0.15) is 0 Å². The zero-order valence-corrected chi connectivity index (χ0v) is 27.1. The Kier molecular flexibility index (Phi) is 18.5. The summed E-state index contributed by atoms with van der Waals surface area (Å²) in [7, 11) is 1.59. The molecule has 1 aromatic heterocycles. The van der Waals surface area contributed by atoms with E-state index in [2.05, 4.69) is 24.5 Å². The number of nitrogens with two attached hydrogens (primary N) is 1. The minimum absolute atomic E-state index is 0.118. The topological polar surface area (TPSA) is 110 Å². The van der Waals surface area contributed by atoms with E-state index in [1.165, 1.54) is 69.5 Å². The third-order valence-electron chi connectivity index (χ3n) is 7.14. The highest BCUT2D eigenvalue weighted by Crippen LogP contribution is 2.35. The predicted molar refractivity (Wildman–Crippen MR) is 174 cm³/mol. The smallest absolute Gasteiger partial charge is 0.318 e. The van der Waals surface area contributed by atoms with Crippen LogP contribution in [0.5, 0.6) is 0 Å². The summed E-state index contributed by atoms with van der Waals surface area (Å²) in [6, 6.07) is 6.76. The summed E-state index contributed by atoms with van der Waals surface area (Å²) in [5, 5.41) is 5.58. The van der Waals surface area contributed by atoms with Gasteiger partial charge in [-0.15, -0.1) is 11.3 Å². The van der Waals surface area contributed by atoms with Crippen LogP contribution in [0, 0.1) is 0 Å². The molecule has 0 radical (unpaired) electrons. The van der Waals surface area contributed by atoms with Crippen LogP contribution in [0.3, 0.4) is 0 Å². The molecule has 1 aromatic carbocycles. The average molecular weight is 608 g/mol. The molecule has 41 heavy (non-hydrogen) atoms. The van der Waals surface area contributed by atoms with E-state index in [0.29, 0.717) is 13.1 Å². The molecular formula is C31H53N5O3S2. The highest BCUT2D eigenvalue weighted by Gasteiger charge is 2.33. The molecule has 4 amide bonds. The van der Waals surface area contributed by atoms with Crippen molar-refractivity contribution in [2.75, 3.05) is 26.8 Å². The molecule has 8 nitrogen and oxygen atoms in total. The van der Waals surface area contributed by atoms with Crippen molar-refractivity contribution in [3.05, 3.63) is 24.3 Å². The zero-order valence-electron chi connectivity index (χ0n) is 25.5. The van der Waals surface area contributed by atoms with E-state index in [0.717, 1.165) is 46.7 Å². The summed E-state index contributed by atoms with van der Waals surface area (Å²) >= 11 is 3.08. The van der Waals surface area contributed by atoms with Gasteiger partial charge in [0.15, 0.2) is 4.34 Å². The number of unbranched alkanes of at least 4 members (excludes halogenated alkanes) is 12. The number of amides is 4. The maximum Gasteiger partial charge on any atom is 0.318 e. The lowest BCUT2D eigenvalue weighted by molar-refractivity contribution is 0.132. The summed E-state index contributed by atoms with van der Waals surface area (Å²) < 4.78 is 7.41. The number of primary amides is 1. The van der Waals surface area contributed by atoms with Crippen LogP contribution >= 0.6 is 23.1 Å². The van der Waals surface area contributed by atoms with Gasteiger partial charge in [0.25, 0.3) is 0 Å². The Morgan fingerprint density at radius 2 is 1.56 bits per heavy atom. The predicted octanol–water partition coefficient (Wildman–Crippen LogP) is 7.91. The van der Waals surface area contributed by atoms with Crippen molar-refractivity contribution >= 4 is 45.4 Å². The fraction of sp³-hybridized carbons (Fsp3) is 0.710. The Bertz CT molecular complexity index is 957. The van der Waals surface area contributed by atoms with E-state index in [4.69, 9.17) is 15.5 Å². The van der Waals surface area contributed by atoms with Crippen molar-refractivity contribution in [1.82, 2.24) is 20.5 Å². The molecular weight excluding hydrogens is 555 g/mol. The summed E-state index contributed by atoms with van der Waals surface area (Å²) in [5.74, 6) is 0. The van der Waals surface area contributed by atoms with Crippen molar-refractivity contribution in [3.63, 3.8) is 0 Å². The number of hydrogen-bond donors (Lipinski definition) is 3. The highest BCUT2D eigenvalue weighted by atomic mass is 32.2. The quantitative estimate of drug-likeness (QED) is 0.0676. The molecule has 2 atom stereocenters. The first-order chi connectivity index (χ1) is 20.0. The van der Waals surface area contributed by atoms with Gasteiger partial charge in [0.2, 0.25) is 0 Å². The lowest BCUT2D eigenvalue weighted by Gasteiger charge is -2.36. The third kappa shape index (κ3) is 14.1. The van der Waals surface area contributed by atoms with Gasteiger partial charge in [-0.3, -0.25) is 0 Å². The van der Waals surface area contributed by atoms with Crippen LogP contribution in [0.2, 0.25) is 0 Å². The molecule has 0 saturated carbocycles. The third-order valence-corrected chi connectivity index (χ3v) is 9.63. The minimum atomic E-state index is -0.638. The first-order valence-electron chi connectivity index (χ1n) is 15.6. The second-order valence-electron chi connectivity index (χ2n) is 10.7. The molecule has 1 heterocycles. The van der Waals surface area contributed by atoms with Crippen LogP contribution in [0.4, 0.5) is 9.59 Å². The van der Waals surface area contributed by atoms with Gasteiger partial charge in [0, 0.05) is 20.2 Å². The van der Waals surface area contributed by atoms with Crippen molar-refractivity contribution in [2.45, 2.75) is 119 Å². The number of fused-ring (bicyclic) bond motifs is 1. The van der Waals surface area contributed by atoms with Crippen LogP contribution in [0.1, 0.15) is 104 Å². The number of thioether (sulfide) groups is 1. The van der Waals surface area contributed by atoms with Crippen LogP contribution in [0.25, 0.3) is 10.2 Å². The average Bonchev–Trinajstić information content (AvgIpc) is 3.37. The number of benzene rings is 1. The lowest BCUT2D eigenvalue weighted by Crippen LogP contribution is -2.57. The number of para-hydroxylation sites is 1. The fourth-order valence-corrected chi connectivity index (χ4v) is 7.34. The van der Waals surface area contributed by atoms with Gasteiger partial charge in [-0.05, 0) is 25.0 Å². The number of methoxy groups -OCH3 is 1. The summed E-state index contributed by atoms with van der Waals surface area (Å²) in [6.45, 7) is 5.90. The van der Waals surface area contributed by atoms with E-state index in [-0.39, 0.29) is 12.6 Å². The van der Waals surface area contributed by atoms with Crippen molar-refractivity contribution in [1.29, 1.82) is 0 Å². The molecule has 2 rings (SSSR count). The summed E-state index contributed by atoms with van der Waals surface area (Å²) in [4.78, 5) is 32.4. The van der Waals surface area contributed by atoms with Gasteiger partial charge in [0.1, 0.15) is 5.37 Å². The molecule has 0 aliphatic heterocycles. The van der Waals surface area contributed by atoms with E-state index >= 15 is 0 Å². The molecule has 2 unspecified atom stereocenters. The number of urea groups is 2. The van der Waals surface area contributed by atoms with Gasteiger partial charge in [-0.25, -0.2) is 14.6 Å². The molecule has 0 bridgehead atoms. The van der Waals surface area contributed by atoms with Gasteiger partial charge in [0.05, 0.1) is 22.9 Å². The van der Waals surface area contributed by atoms with E-state index in [1.54, 1.807) is 18.4 Å². The van der Waals surface area contributed by atoms with Crippen LogP contribution in [-0.4, -0.2) is 60.2 Å². The molecule has 0 aliphatic rings. The molecule has 232 valence electrons. The maximum atomic E-state index is 13.7. The monoisotopic (exact) mass is 607 g/mol. The van der Waals surface area contributed by atoms with Crippen molar-refractivity contribution < 1.29 is 14.3 Å². The first-order valence-corrected chi connectivity index (χ1v) is 17.3. The largest absolute Gasteiger partial charge is 0.382 e. The van der Waals surface area contributed by atoms with Crippen molar-refractivity contribution in [3.8, 4) is 0 Å². The second kappa shape index (κ2) is 21.6. The van der Waals surface area contributed by atoms with E-state index in [9.17, 15) is 9.59 Å². The number of ether oxygens (including phenoxy) is 1. The van der Waals surface area contributed by atoms with E-state index < -0.39 is 17.4 Å². The number of carbonyl (C=O) groups is 2. The number of carbonyl (C=O) groups excluding carboxylic acids is 2. The van der Waals surface area contributed by atoms with E-state index in [1.807, 2.05) is 29.2 Å². The van der Waals surface area contributed by atoms with Crippen LogP contribution < -0.4 is 16.4 Å². The molecule has 4 N–H and O–H groups in total. The minimum Gasteiger partial charge on any atom is -0.382 e. The van der Waals surface area contributed by atoms with Crippen LogP contribution in [0.15, 0.2) is 28.6 Å². The Labute approximate surface area is 255 Å². The molecule has 0 fully saturated rings. The summed E-state index contributed by atoms with van der Waals surface area (Å²) in [5.41, 5.74) is 6.51. The maximum absolute atomic E-state index is 13.7. The number of aromatic nitrogens is 1. The Morgan fingerprint density at radius 3 is 2.17 bits per heavy atom. The molecule has 10 heteroatoms. The van der Waals surface area contributed by atoms with Crippen LogP contribution in [-0.2, 0) is 4.74 Å². The Hall–Kier alpha value is -2.04. The number of rotatable bonds is 23. The molecule has 0 spiro atoms. The summed E-state index contributed by atoms with van der Waals surface area (Å²) in [6.07, 6.45) is 16.4. The SMILES string of the molecule is CCCCCCCCCNC(=O)N(CCCCCCCCC)C(Sc1nc2ccccc2s1)C(COC)NC(N)=O. The van der Waals surface area contributed by atoms with Gasteiger partial charge < -0.3 is 26.0 Å². The highest BCUT2D eigenvalue weighted by molar-refractivity contribution is 8.01. The van der Waals surface area contributed by atoms with Gasteiger partial charge >= 0.3 is 12.1 Å². The van der Waals surface area contributed by atoms with Crippen molar-refractivity contribution in [2.24, 2.45) is 5.73 Å². The standard InChI is InChI=1S/C31H53N5O3S2/c1-4-6-8-10-12-14-18-22-33-30(38)36(23-19-15-13-11-9-7-5-2)28(26(24-39-3)34-29(32)37)41-31-35-25-20-16-17-21-27(25)40-31/h16-17,20-21,26,28H,4-15,18-19,22-24H2,1-3H3,(H,33,38)(H3,32,34,37). The Morgan fingerprint density at radius 1 is 0.951 bits per heavy atom. The zero-order chi connectivity index (χ0) is 29.7.